The molecule has 0 nitrogen and oxygen atoms in total. The first-order valence-electron chi connectivity index (χ1n) is 37.1. The zero-order valence-electron chi connectivity index (χ0n) is 72.1. The summed E-state index contributed by atoms with van der Waals surface area (Å²) in [6, 6.07) is 19.5. The Morgan fingerprint density at radius 3 is 1.06 bits per heavy atom. The standard InChI is InChI=1S/2C20H28.C19H26.C13H20.C12H18/c2*1-13-10-9-11-15-17(20(6,7)8)12-16(19(3,4)5)14(2)18(13)15;1-13-14-10-8-9-11-15(14)17(19(5,6)7)12-16(13)18(2,3)4;1-9-7-10(2)11(3)12(8-9)13(4,5)6;1-9-7-6-8-11(10(9)2)12(3,4)5/h2*9-12H,1-8H3;8-12H,1-7H3;7-8H,1-6H3;6-8H,1-5H3/i9D,10D,12D;9D,10D;5D3;7D,8D;6D,7D,8D. The summed E-state index contributed by atoms with van der Waals surface area (Å²) in [5.74, 6) is 0. The summed E-state index contributed by atoms with van der Waals surface area (Å²) in [5.41, 5.74) is 17.5. The highest BCUT2D eigenvalue weighted by Crippen LogP contribution is 2.42. The van der Waals surface area contributed by atoms with Crippen molar-refractivity contribution in [1.82, 2.24) is 0 Å². The van der Waals surface area contributed by atoms with Crippen molar-refractivity contribution in [3.8, 4) is 0 Å². The SMILES string of the molecule is [2H]C([2H])([2H])C(C)(C)c1cc(C(C)(C)C)c(C)c2ccccc12.[2H]c1c(C)c([2H])c(C(C)(C)C)c(C)c1C.[2H]c1c([2H])c(C)c(C)c(C(C)(C)C)c1[2H].[2H]c1cc2c(C(C)(C)C)c([2H])c(C(C)(C)C)c(C)c2c(C)c1[2H].[2H]c1cc2c(C(C)(C)C)cc(C(C)(C)C)c(C)c2c(C)c1[2H]. The molecule has 0 aliphatic heterocycles. The molecule has 0 aliphatic rings. The predicted molar refractivity (Wildman–Crippen MR) is 382 cm³/mol. The Hall–Kier alpha value is -5.46. The molecule has 8 aromatic carbocycles. The molecule has 0 spiro atoms. The van der Waals surface area contributed by atoms with Gasteiger partial charge in [-0.15, -0.1) is 0 Å². The van der Waals surface area contributed by atoms with E-state index in [1.807, 2.05) is 107 Å². The third kappa shape index (κ3) is 17.2. The fourth-order valence-electron chi connectivity index (χ4n) is 11.9. The molecule has 0 atom stereocenters. The van der Waals surface area contributed by atoms with Crippen molar-refractivity contribution in [3.05, 3.63) is 209 Å². The highest BCUT2D eigenvalue weighted by Gasteiger charge is 2.28. The molecule has 0 unspecified atom stereocenters. The number of fused-ring (bicyclic) bond motifs is 3. The Morgan fingerprint density at radius 2 is 0.631 bits per heavy atom. The average molecular weight is 1140 g/mol. The van der Waals surface area contributed by atoms with E-state index in [0.29, 0.717) is 30.2 Å². The molecule has 0 aromatic heterocycles. The molecule has 8 rings (SSSR count). The van der Waals surface area contributed by atoms with Crippen molar-refractivity contribution in [2.24, 2.45) is 0 Å². The number of aryl methyl sites for hydroxylation is 5. The first-order chi connectivity index (χ1) is 43.4. The smallest absolute Gasteiger partial charge is 0.0617 e. The van der Waals surface area contributed by atoms with Crippen LogP contribution in [-0.4, -0.2) is 0 Å². The lowest BCUT2D eigenvalue weighted by Gasteiger charge is -2.29. The minimum Gasteiger partial charge on any atom is -0.0617 e. The monoisotopic (exact) mass is 1140 g/mol. The van der Waals surface area contributed by atoms with Gasteiger partial charge in [-0.05, 0) is 239 Å². The van der Waals surface area contributed by atoms with Gasteiger partial charge in [-0.1, -0.05) is 281 Å². The van der Waals surface area contributed by atoms with Gasteiger partial charge >= 0.3 is 0 Å². The number of rotatable bonds is 0. The van der Waals surface area contributed by atoms with Gasteiger partial charge in [0.05, 0.1) is 13.7 Å². The molecule has 0 aliphatic carbocycles. The van der Waals surface area contributed by atoms with E-state index in [2.05, 4.69) is 164 Å². The lowest BCUT2D eigenvalue weighted by Crippen LogP contribution is -2.18. The predicted octanol–water partition coefficient (Wildman–Crippen LogP) is 25.4. The van der Waals surface area contributed by atoms with Gasteiger partial charge in [0.2, 0.25) is 0 Å². The Kier molecular flexibility index (Phi) is 16.3. The summed E-state index contributed by atoms with van der Waals surface area (Å²) < 4.78 is 105. The molecular formula is C84H120. The van der Waals surface area contributed by atoms with Crippen LogP contribution in [0.1, 0.15) is 284 Å². The summed E-state index contributed by atoms with van der Waals surface area (Å²) in [6.45, 7) is 66.7. The van der Waals surface area contributed by atoms with E-state index in [-0.39, 0.29) is 68.1 Å². The second-order valence-corrected chi connectivity index (χ2v) is 31.8. The lowest BCUT2D eigenvalue weighted by atomic mass is 9.75. The minimum atomic E-state index is -2.04. The maximum atomic E-state index is 8.87. The first-order valence-corrected chi connectivity index (χ1v) is 30.6. The Balaban J connectivity index is 0.000000261. The second-order valence-electron chi connectivity index (χ2n) is 31.8. The van der Waals surface area contributed by atoms with E-state index in [1.54, 1.807) is 6.07 Å². The molecule has 0 fully saturated rings. The Morgan fingerprint density at radius 1 is 0.274 bits per heavy atom. The van der Waals surface area contributed by atoms with Gasteiger partial charge < -0.3 is 0 Å². The number of hydrogen-bond acceptors (Lipinski definition) is 0. The van der Waals surface area contributed by atoms with Crippen molar-refractivity contribution in [2.45, 2.75) is 279 Å². The third-order valence-corrected chi connectivity index (χ3v) is 16.3. The molecule has 0 bridgehead atoms. The van der Waals surface area contributed by atoms with Crippen LogP contribution in [0.5, 0.6) is 0 Å². The second kappa shape index (κ2) is 25.9. The van der Waals surface area contributed by atoms with Crippen LogP contribution in [0.2, 0.25) is 0 Å². The molecule has 8 aromatic rings. The molecule has 0 heteroatoms. The van der Waals surface area contributed by atoms with E-state index < -0.39 is 12.3 Å². The summed E-state index contributed by atoms with van der Waals surface area (Å²) in [6.07, 6.45) is 0. The molecule has 0 N–H and O–H groups in total. The van der Waals surface area contributed by atoms with Crippen LogP contribution in [0.15, 0.2) is 109 Å². The number of benzene rings is 8. The van der Waals surface area contributed by atoms with Crippen LogP contribution in [0.4, 0.5) is 0 Å². The van der Waals surface area contributed by atoms with Gasteiger partial charge in [-0.2, -0.15) is 0 Å². The zero-order chi connectivity index (χ0) is 75.8. The van der Waals surface area contributed by atoms with Crippen LogP contribution in [0.3, 0.4) is 0 Å². The third-order valence-electron chi connectivity index (χ3n) is 16.3. The molecule has 0 saturated carbocycles. The molecule has 0 saturated heterocycles. The summed E-state index contributed by atoms with van der Waals surface area (Å²) >= 11 is 0. The first kappa shape index (κ1) is 52.8. The van der Waals surface area contributed by atoms with Crippen LogP contribution >= 0.6 is 0 Å². The minimum absolute atomic E-state index is 0.00831. The van der Waals surface area contributed by atoms with E-state index in [1.165, 1.54) is 33.2 Å². The van der Waals surface area contributed by atoms with Crippen molar-refractivity contribution >= 4 is 32.3 Å². The molecule has 0 amide bonds. The maximum absolute atomic E-state index is 8.87. The van der Waals surface area contributed by atoms with Gasteiger partial charge in [-0.25, -0.2) is 0 Å². The maximum Gasteiger partial charge on any atom is 0.0629 e. The summed E-state index contributed by atoms with van der Waals surface area (Å²) in [4.78, 5) is 0. The normalized spacial score (nSPS) is 15.0. The van der Waals surface area contributed by atoms with Gasteiger partial charge in [-0.3, -0.25) is 0 Å². The number of hydrogen-bond donors (Lipinski definition) is 0. The van der Waals surface area contributed by atoms with Crippen molar-refractivity contribution in [1.29, 1.82) is 0 Å². The fraction of sp³-hybridized carbons (Fsp3) is 0.500. The van der Waals surface area contributed by atoms with Gasteiger partial charge in [0.25, 0.3) is 0 Å². The van der Waals surface area contributed by atoms with Gasteiger partial charge in [0.1, 0.15) is 0 Å². The molecule has 0 radical (unpaired) electrons. The van der Waals surface area contributed by atoms with Crippen molar-refractivity contribution in [3.63, 3.8) is 0 Å². The van der Waals surface area contributed by atoms with E-state index >= 15 is 0 Å². The zero-order valence-corrected chi connectivity index (χ0v) is 59.1. The summed E-state index contributed by atoms with van der Waals surface area (Å²) in [5, 5.41) is 6.52. The topological polar surface area (TPSA) is 0 Å². The Bertz CT molecular complexity index is 4150. The molecule has 0 heterocycles. The van der Waals surface area contributed by atoms with Crippen molar-refractivity contribution in [2.75, 3.05) is 0 Å². The van der Waals surface area contributed by atoms with Crippen molar-refractivity contribution < 1.29 is 17.8 Å². The van der Waals surface area contributed by atoms with Crippen LogP contribution in [0, 0.1) is 69.2 Å². The highest BCUT2D eigenvalue weighted by atomic mass is 14.3. The largest absolute Gasteiger partial charge is 0.0629 e. The van der Waals surface area contributed by atoms with Gasteiger partial charge in [0, 0.05) is 4.11 Å². The summed E-state index contributed by atoms with van der Waals surface area (Å²) in [7, 11) is 0. The Labute approximate surface area is 535 Å². The molecular weight excluding hydrogens is 1010 g/mol. The average Bonchev–Trinajstić information content (AvgIpc) is 0.742. The highest BCUT2D eigenvalue weighted by molar-refractivity contribution is 5.95. The van der Waals surface area contributed by atoms with Crippen LogP contribution in [-0.2, 0) is 43.3 Å². The van der Waals surface area contributed by atoms with Gasteiger partial charge in [0.15, 0.2) is 0 Å². The molecule has 456 valence electrons. The fourth-order valence-corrected chi connectivity index (χ4v) is 11.9. The molecule has 84 heavy (non-hydrogen) atoms. The van der Waals surface area contributed by atoms with E-state index in [9.17, 15) is 0 Å². The lowest BCUT2D eigenvalue weighted by molar-refractivity contribution is 0.569. The van der Waals surface area contributed by atoms with Crippen LogP contribution in [0.25, 0.3) is 32.3 Å². The van der Waals surface area contributed by atoms with E-state index in [0.717, 1.165) is 99.3 Å². The van der Waals surface area contributed by atoms with Crippen LogP contribution < -0.4 is 0 Å². The van der Waals surface area contributed by atoms with E-state index in [4.69, 9.17) is 17.8 Å². The quantitative estimate of drug-likeness (QED) is 0.142.